The van der Waals surface area contributed by atoms with Crippen molar-refractivity contribution in [1.29, 1.82) is 0 Å². The first-order valence-electron chi connectivity index (χ1n) is 8.52. The number of halogens is 1. The summed E-state index contributed by atoms with van der Waals surface area (Å²) in [4.78, 5) is 29.5. The summed E-state index contributed by atoms with van der Waals surface area (Å²) in [6.07, 6.45) is 0. The highest BCUT2D eigenvalue weighted by Gasteiger charge is 2.28. The molecule has 1 N–H and O–H groups in total. The zero-order valence-electron chi connectivity index (χ0n) is 15.1. The van der Waals surface area contributed by atoms with Crippen molar-refractivity contribution in [1.82, 2.24) is 14.9 Å². The molecular weight excluding hydrogens is 353 g/mol. The number of aromatic nitrogens is 2. The molecule has 138 valence electrons. The Hall–Kier alpha value is -2.15. The molecule has 0 aliphatic carbocycles. The number of benzene rings is 1. The van der Waals surface area contributed by atoms with Crippen molar-refractivity contribution in [2.24, 2.45) is 5.92 Å². The van der Waals surface area contributed by atoms with E-state index in [1.54, 1.807) is 28.8 Å². The smallest absolute Gasteiger partial charge is 0.254 e. The molecule has 2 heterocycles. The summed E-state index contributed by atoms with van der Waals surface area (Å²) >= 11 is 1.41. The third kappa shape index (κ3) is 3.98. The molecule has 5 nitrogen and oxygen atoms in total. The lowest BCUT2D eigenvalue weighted by Crippen LogP contribution is -2.40. The normalized spacial score (nSPS) is 16.8. The minimum absolute atomic E-state index is 0.135. The number of thioether (sulfide) groups is 1. The van der Waals surface area contributed by atoms with Crippen molar-refractivity contribution in [3.05, 3.63) is 57.8 Å². The molecule has 1 aromatic heterocycles. The standard InChI is InChI=1S/C19H22FN3O2S/c1-19(2,3)15-8-16(24)23-10-13(11-26-18(23)22-15)17(25)21-9-12-6-4-5-7-14(12)20/h4-8,13H,9-11H2,1-3H3,(H,21,25). The van der Waals surface area contributed by atoms with E-state index in [9.17, 15) is 14.0 Å². The molecule has 1 aliphatic rings. The lowest BCUT2D eigenvalue weighted by Gasteiger charge is -2.26. The van der Waals surface area contributed by atoms with E-state index >= 15 is 0 Å². The van der Waals surface area contributed by atoms with Gasteiger partial charge in [0, 0.05) is 35.9 Å². The van der Waals surface area contributed by atoms with Crippen LogP contribution in [0.15, 0.2) is 40.3 Å². The van der Waals surface area contributed by atoms with Gasteiger partial charge in [0.15, 0.2) is 5.16 Å². The van der Waals surface area contributed by atoms with Gasteiger partial charge in [-0.05, 0) is 6.07 Å². The van der Waals surface area contributed by atoms with Gasteiger partial charge in [0.05, 0.1) is 11.6 Å². The van der Waals surface area contributed by atoms with E-state index in [4.69, 9.17) is 0 Å². The first-order chi connectivity index (χ1) is 12.3. The van der Waals surface area contributed by atoms with Gasteiger partial charge in [0.2, 0.25) is 5.91 Å². The first-order valence-corrected chi connectivity index (χ1v) is 9.50. The SMILES string of the molecule is CC(C)(C)c1cc(=O)n2c(n1)SCC(C(=O)NCc1ccccc1F)C2. The number of carbonyl (C=O) groups excluding carboxylic acids is 1. The third-order valence-electron chi connectivity index (χ3n) is 4.34. The highest BCUT2D eigenvalue weighted by molar-refractivity contribution is 7.99. The zero-order valence-corrected chi connectivity index (χ0v) is 15.9. The van der Waals surface area contributed by atoms with Crippen molar-refractivity contribution in [3.8, 4) is 0 Å². The van der Waals surface area contributed by atoms with Crippen LogP contribution in [-0.4, -0.2) is 21.2 Å². The highest BCUT2D eigenvalue weighted by Crippen LogP contribution is 2.28. The topological polar surface area (TPSA) is 64.0 Å². The molecule has 1 atom stereocenters. The largest absolute Gasteiger partial charge is 0.352 e. The van der Waals surface area contributed by atoms with E-state index in [0.717, 1.165) is 5.69 Å². The predicted octanol–water partition coefficient (Wildman–Crippen LogP) is 2.72. The Bertz CT molecular complexity index is 889. The molecule has 0 saturated heterocycles. The van der Waals surface area contributed by atoms with Crippen molar-refractivity contribution in [3.63, 3.8) is 0 Å². The van der Waals surface area contributed by atoms with Gasteiger partial charge in [-0.15, -0.1) is 0 Å². The third-order valence-corrected chi connectivity index (χ3v) is 5.48. The molecule has 1 aliphatic heterocycles. The molecule has 1 aromatic carbocycles. The summed E-state index contributed by atoms with van der Waals surface area (Å²) in [6, 6.07) is 7.90. The van der Waals surface area contributed by atoms with Crippen molar-refractivity contribution < 1.29 is 9.18 Å². The van der Waals surface area contributed by atoms with Gasteiger partial charge in [0.1, 0.15) is 5.82 Å². The van der Waals surface area contributed by atoms with Crippen LogP contribution < -0.4 is 10.9 Å². The predicted molar refractivity (Wildman–Crippen MR) is 99.7 cm³/mol. The number of fused-ring (bicyclic) bond motifs is 1. The fraction of sp³-hybridized carbons (Fsp3) is 0.421. The van der Waals surface area contributed by atoms with Gasteiger partial charge >= 0.3 is 0 Å². The van der Waals surface area contributed by atoms with Crippen LogP contribution in [-0.2, 0) is 23.3 Å². The molecular formula is C19H22FN3O2S. The molecule has 1 unspecified atom stereocenters. The van der Waals surface area contributed by atoms with Gasteiger partial charge in [-0.3, -0.25) is 14.2 Å². The van der Waals surface area contributed by atoms with E-state index in [1.807, 2.05) is 20.8 Å². The molecule has 0 radical (unpaired) electrons. The molecule has 0 bridgehead atoms. The fourth-order valence-corrected chi connectivity index (χ4v) is 3.81. The maximum Gasteiger partial charge on any atom is 0.254 e. The summed E-state index contributed by atoms with van der Waals surface area (Å²) in [6.45, 7) is 6.46. The van der Waals surface area contributed by atoms with E-state index in [2.05, 4.69) is 10.3 Å². The maximum atomic E-state index is 13.7. The first kappa shape index (κ1) is 18.6. The van der Waals surface area contributed by atoms with Crippen LogP contribution in [0.3, 0.4) is 0 Å². The Morgan fingerprint density at radius 2 is 2.12 bits per heavy atom. The Balaban J connectivity index is 1.71. The van der Waals surface area contributed by atoms with Crippen LogP contribution in [0.5, 0.6) is 0 Å². The summed E-state index contributed by atoms with van der Waals surface area (Å²) in [5.74, 6) is -0.327. The molecule has 3 rings (SSSR count). The number of rotatable bonds is 3. The molecule has 26 heavy (non-hydrogen) atoms. The van der Waals surface area contributed by atoms with Gasteiger partial charge in [-0.2, -0.15) is 0 Å². The quantitative estimate of drug-likeness (QED) is 0.838. The van der Waals surface area contributed by atoms with Crippen LogP contribution in [0, 0.1) is 11.7 Å². The lowest BCUT2D eigenvalue weighted by molar-refractivity contribution is -0.125. The minimum Gasteiger partial charge on any atom is -0.352 e. The van der Waals surface area contributed by atoms with E-state index in [1.165, 1.54) is 17.8 Å². The number of nitrogens with zero attached hydrogens (tertiary/aromatic N) is 2. The Morgan fingerprint density at radius 1 is 1.38 bits per heavy atom. The molecule has 0 fully saturated rings. The minimum atomic E-state index is -0.348. The number of hydrogen-bond donors (Lipinski definition) is 1. The molecule has 7 heteroatoms. The van der Waals surface area contributed by atoms with E-state index in [-0.39, 0.29) is 35.2 Å². The lowest BCUT2D eigenvalue weighted by atomic mass is 9.92. The van der Waals surface area contributed by atoms with Crippen LogP contribution in [0.4, 0.5) is 4.39 Å². The van der Waals surface area contributed by atoms with Crippen LogP contribution in [0.2, 0.25) is 0 Å². The van der Waals surface area contributed by atoms with E-state index in [0.29, 0.717) is 23.0 Å². The van der Waals surface area contributed by atoms with Gasteiger partial charge in [-0.25, -0.2) is 9.37 Å². The summed E-state index contributed by atoms with van der Waals surface area (Å²) < 4.78 is 15.2. The number of hydrogen-bond acceptors (Lipinski definition) is 4. The maximum absolute atomic E-state index is 13.7. The number of nitrogens with one attached hydrogen (secondary N) is 1. The summed E-state index contributed by atoms with van der Waals surface area (Å²) in [5.41, 5.74) is 0.852. The molecule has 0 saturated carbocycles. The fourth-order valence-electron chi connectivity index (χ4n) is 2.72. The highest BCUT2D eigenvalue weighted by atomic mass is 32.2. The molecule has 0 spiro atoms. The summed E-state index contributed by atoms with van der Waals surface area (Å²) in [7, 11) is 0. The van der Waals surface area contributed by atoms with Gasteiger partial charge in [0.25, 0.3) is 5.56 Å². The summed E-state index contributed by atoms with van der Waals surface area (Å²) in [5, 5.41) is 3.42. The number of amides is 1. The van der Waals surface area contributed by atoms with Crippen molar-refractivity contribution in [2.75, 3.05) is 5.75 Å². The van der Waals surface area contributed by atoms with Crippen molar-refractivity contribution in [2.45, 2.75) is 44.4 Å². The van der Waals surface area contributed by atoms with Gasteiger partial charge in [-0.1, -0.05) is 50.7 Å². The van der Waals surface area contributed by atoms with Crippen LogP contribution in [0.1, 0.15) is 32.0 Å². The second-order valence-electron chi connectivity index (χ2n) is 7.44. The average molecular weight is 375 g/mol. The average Bonchev–Trinajstić information content (AvgIpc) is 2.59. The molecule has 2 aromatic rings. The Morgan fingerprint density at radius 3 is 2.81 bits per heavy atom. The second-order valence-corrected chi connectivity index (χ2v) is 8.43. The van der Waals surface area contributed by atoms with Crippen LogP contribution in [0.25, 0.3) is 0 Å². The van der Waals surface area contributed by atoms with Crippen LogP contribution >= 0.6 is 11.8 Å². The Kier molecular flexibility index (Phi) is 5.18. The van der Waals surface area contributed by atoms with E-state index < -0.39 is 0 Å². The zero-order chi connectivity index (χ0) is 18.9. The Labute approximate surface area is 156 Å². The molecule has 1 amide bonds. The van der Waals surface area contributed by atoms with Crippen molar-refractivity contribution >= 4 is 17.7 Å². The second kappa shape index (κ2) is 7.23. The van der Waals surface area contributed by atoms with Gasteiger partial charge < -0.3 is 5.32 Å². The number of carbonyl (C=O) groups is 1. The monoisotopic (exact) mass is 375 g/mol.